The summed E-state index contributed by atoms with van der Waals surface area (Å²) in [6.07, 6.45) is 7.16. The molecule has 0 saturated carbocycles. The maximum atomic E-state index is 14.2. The first-order valence-corrected chi connectivity index (χ1v) is 14.2. The van der Waals surface area contributed by atoms with Crippen LogP contribution in [0, 0.1) is 12.7 Å². The molecule has 5 aromatic rings. The van der Waals surface area contributed by atoms with Crippen LogP contribution < -0.4 is 10.1 Å². The van der Waals surface area contributed by atoms with Crippen LogP contribution >= 0.6 is 0 Å². The highest BCUT2D eigenvalue weighted by Crippen LogP contribution is 2.37. The molecule has 0 spiro atoms. The van der Waals surface area contributed by atoms with Crippen molar-refractivity contribution >= 4 is 21.1 Å². The Morgan fingerprint density at radius 2 is 1.87 bits per heavy atom. The Labute approximate surface area is 226 Å². The number of rotatable bonds is 6. The lowest BCUT2D eigenvalue weighted by molar-refractivity contribution is 0.330. The molecule has 8 nitrogen and oxygen atoms in total. The molecule has 39 heavy (non-hydrogen) atoms. The van der Waals surface area contributed by atoms with Gasteiger partial charge in [-0.15, -0.1) is 5.10 Å². The predicted octanol–water partition coefficient (Wildman–Crippen LogP) is 5.18. The summed E-state index contributed by atoms with van der Waals surface area (Å²) >= 11 is 0. The minimum Gasteiger partial charge on any atom is -0.479 e. The van der Waals surface area contributed by atoms with E-state index in [1.807, 2.05) is 23.9 Å². The molecule has 0 aliphatic carbocycles. The Balaban J connectivity index is 1.53. The van der Waals surface area contributed by atoms with Crippen molar-refractivity contribution in [1.82, 2.24) is 24.1 Å². The van der Waals surface area contributed by atoms with Crippen molar-refractivity contribution in [3.8, 4) is 28.1 Å². The third-order valence-electron chi connectivity index (χ3n) is 7.17. The number of piperidine rings is 1. The fraction of sp³-hybridized carbons (Fsp3) is 0.241. The number of nitrogens with one attached hydrogen (secondary N) is 1. The summed E-state index contributed by atoms with van der Waals surface area (Å²) in [5.41, 5.74) is 3.77. The fourth-order valence-corrected chi connectivity index (χ4v) is 6.41. The van der Waals surface area contributed by atoms with E-state index in [9.17, 15) is 12.8 Å². The quantitative estimate of drug-likeness (QED) is 0.316. The molecule has 0 bridgehead atoms. The van der Waals surface area contributed by atoms with Crippen LogP contribution in [-0.4, -0.2) is 47.4 Å². The van der Waals surface area contributed by atoms with Crippen LogP contribution in [-0.2, 0) is 10.0 Å². The van der Waals surface area contributed by atoms with Crippen LogP contribution in [0.15, 0.2) is 78.1 Å². The highest BCUT2D eigenvalue weighted by atomic mass is 32.2. The van der Waals surface area contributed by atoms with Crippen LogP contribution in [0.25, 0.3) is 33.3 Å². The number of aromatic nitrogens is 4. The SMILES string of the molecule is COc1nn(C2CCCNC2)cc1-c1cnc2c(c1)c(-c1cccc(F)c1)cn2S(=O)(=O)c1ccc(C)cc1. The Morgan fingerprint density at radius 3 is 2.59 bits per heavy atom. The van der Waals surface area contributed by atoms with Gasteiger partial charge in [0.25, 0.3) is 10.0 Å². The number of methoxy groups -OCH3 is 1. The summed E-state index contributed by atoms with van der Waals surface area (Å²) in [4.78, 5) is 4.76. The van der Waals surface area contributed by atoms with E-state index in [0.29, 0.717) is 22.4 Å². The molecule has 1 saturated heterocycles. The average Bonchev–Trinajstić information content (AvgIpc) is 3.56. The van der Waals surface area contributed by atoms with Gasteiger partial charge in [0.15, 0.2) is 5.65 Å². The molecule has 1 unspecified atom stereocenters. The zero-order valence-corrected chi connectivity index (χ0v) is 22.5. The third-order valence-corrected chi connectivity index (χ3v) is 8.84. The predicted molar refractivity (Wildman–Crippen MR) is 148 cm³/mol. The number of ether oxygens (including phenoxy) is 1. The van der Waals surface area contributed by atoms with Gasteiger partial charge in [0.1, 0.15) is 5.82 Å². The van der Waals surface area contributed by atoms with Gasteiger partial charge in [-0.3, -0.25) is 4.68 Å². The topological polar surface area (TPSA) is 91.0 Å². The second-order valence-electron chi connectivity index (χ2n) is 9.79. The first-order valence-electron chi connectivity index (χ1n) is 12.8. The molecule has 1 aliphatic rings. The number of nitrogens with zero attached hydrogens (tertiary/aromatic N) is 4. The molecule has 0 amide bonds. The molecule has 200 valence electrons. The summed E-state index contributed by atoms with van der Waals surface area (Å²) in [5, 5.41) is 8.64. The molecule has 0 radical (unpaired) electrons. The second-order valence-corrected chi connectivity index (χ2v) is 11.6. The minimum atomic E-state index is -3.97. The van der Waals surface area contributed by atoms with Gasteiger partial charge in [0.05, 0.1) is 23.6 Å². The van der Waals surface area contributed by atoms with Gasteiger partial charge in [0.2, 0.25) is 5.88 Å². The molecule has 1 atom stereocenters. The molecular formula is C29H28FN5O3S. The lowest BCUT2D eigenvalue weighted by atomic mass is 10.0. The lowest BCUT2D eigenvalue weighted by Crippen LogP contribution is -2.31. The number of halogens is 1. The maximum Gasteiger partial charge on any atom is 0.269 e. The summed E-state index contributed by atoms with van der Waals surface area (Å²) in [5.74, 6) is 0.0451. The van der Waals surface area contributed by atoms with Crippen molar-refractivity contribution in [2.75, 3.05) is 20.2 Å². The van der Waals surface area contributed by atoms with Crippen LogP contribution in [0.3, 0.4) is 0 Å². The number of aryl methyl sites for hydroxylation is 1. The molecule has 1 aliphatic heterocycles. The van der Waals surface area contributed by atoms with Crippen molar-refractivity contribution < 1.29 is 17.5 Å². The number of pyridine rings is 1. The van der Waals surface area contributed by atoms with Crippen molar-refractivity contribution in [2.24, 2.45) is 0 Å². The van der Waals surface area contributed by atoms with E-state index < -0.39 is 15.8 Å². The minimum absolute atomic E-state index is 0.144. The van der Waals surface area contributed by atoms with Gasteiger partial charge in [0, 0.05) is 41.6 Å². The molecule has 2 aromatic carbocycles. The lowest BCUT2D eigenvalue weighted by Gasteiger charge is -2.22. The van der Waals surface area contributed by atoms with Gasteiger partial charge in [-0.1, -0.05) is 29.8 Å². The molecule has 1 N–H and O–H groups in total. The van der Waals surface area contributed by atoms with E-state index in [4.69, 9.17) is 4.74 Å². The van der Waals surface area contributed by atoms with Gasteiger partial charge < -0.3 is 10.1 Å². The van der Waals surface area contributed by atoms with E-state index in [2.05, 4.69) is 15.4 Å². The van der Waals surface area contributed by atoms with Gasteiger partial charge in [-0.25, -0.2) is 21.8 Å². The summed E-state index contributed by atoms with van der Waals surface area (Å²) in [6, 6.07) is 14.8. The molecule has 10 heteroatoms. The van der Waals surface area contributed by atoms with E-state index in [1.165, 1.54) is 22.3 Å². The Hall–Kier alpha value is -4.02. The van der Waals surface area contributed by atoms with Crippen LogP contribution in [0.5, 0.6) is 5.88 Å². The molecule has 3 aromatic heterocycles. The molecule has 6 rings (SSSR count). The standard InChI is InChI=1S/C29H28FN5O3S/c1-19-8-10-24(11-9-19)39(36,37)35-18-26(20-5-3-6-22(30)13-20)25-14-21(15-32-28(25)35)27-17-34(33-29(27)38-2)23-7-4-12-31-16-23/h3,5-6,8-11,13-15,17-18,23,31H,4,7,12,16H2,1-2H3. The smallest absolute Gasteiger partial charge is 0.269 e. The first kappa shape index (κ1) is 25.3. The Kier molecular flexibility index (Phi) is 6.44. The van der Waals surface area contributed by atoms with Crippen LogP contribution in [0.2, 0.25) is 0 Å². The Morgan fingerprint density at radius 1 is 1.05 bits per heavy atom. The first-order chi connectivity index (χ1) is 18.8. The van der Waals surface area contributed by atoms with E-state index >= 15 is 0 Å². The van der Waals surface area contributed by atoms with Gasteiger partial charge >= 0.3 is 0 Å². The number of fused-ring (bicyclic) bond motifs is 1. The van der Waals surface area contributed by atoms with Gasteiger partial charge in [-0.2, -0.15) is 0 Å². The Bertz CT molecular complexity index is 1770. The van der Waals surface area contributed by atoms with Crippen molar-refractivity contribution in [1.29, 1.82) is 0 Å². The van der Waals surface area contributed by atoms with E-state index in [-0.39, 0.29) is 16.6 Å². The molecule has 1 fully saturated rings. The number of benzene rings is 2. The van der Waals surface area contributed by atoms with Crippen molar-refractivity contribution in [3.05, 3.63) is 84.6 Å². The number of hydrogen-bond acceptors (Lipinski definition) is 6. The second kappa shape index (κ2) is 9.94. The van der Waals surface area contributed by atoms with E-state index in [1.54, 1.807) is 49.7 Å². The zero-order chi connectivity index (χ0) is 27.1. The van der Waals surface area contributed by atoms with Gasteiger partial charge in [-0.05, 0) is 62.2 Å². The highest BCUT2D eigenvalue weighted by Gasteiger charge is 2.25. The monoisotopic (exact) mass is 545 g/mol. The normalized spacial score (nSPS) is 16.0. The number of hydrogen-bond donors (Lipinski definition) is 1. The average molecular weight is 546 g/mol. The van der Waals surface area contributed by atoms with Crippen molar-refractivity contribution in [3.63, 3.8) is 0 Å². The maximum absolute atomic E-state index is 14.2. The largest absolute Gasteiger partial charge is 0.479 e. The molecular weight excluding hydrogens is 517 g/mol. The zero-order valence-electron chi connectivity index (χ0n) is 21.6. The fourth-order valence-electron chi connectivity index (χ4n) is 5.09. The van der Waals surface area contributed by atoms with Crippen molar-refractivity contribution in [2.45, 2.75) is 30.7 Å². The van der Waals surface area contributed by atoms with Crippen LogP contribution in [0.1, 0.15) is 24.4 Å². The van der Waals surface area contributed by atoms with E-state index in [0.717, 1.165) is 42.6 Å². The summed E-state index contributed by atoms with van der Waals surface area (Å²) < 4.78 is 50.4. The summed E-state index contributed by atoms with van der Waals surface area (Å²) in [6.45, 7) is 3.71. The highest BCUT2D eigenvalue weighted by molar-refractivity contribution is 7.90. The summed E-state index contributed by atoms with van der Waals surface area (Å²) in [7, 11) is -2.39. The molecule has 4 heterocycles. The van der Waals surface area contributed by atoms with Crippen LogP contribution in [0.4, 0.5) is 4.39 Å². The third kappa shape index (κ3) is 4.59.